The third kappa shape index (κ3) is 3.43. The molecule has 3 rings (SSSR count). The quantitative estimate of drug-likeness (QED) is 0.910. The molecule has 0 aliphatic carbocycles. The summed E-state index contributed by atoms with van der Waals surface area (Å²) in [5.74, 6) is 0.308. The molecule has 1 fully saturated rings. The summed E-state index contributed by atoms with van der Waals surface area (Å²) in [4.78, 5) is 12.0. The molecule has 1 unspecified atom stereocenters. The molecule has 1 aliphatic rings. The molecule has 1 atom stereocenters. The van der Waals surface area contributed by atoms with E-state index in [0.717, 1.165) is 24.9 Å². The summed E-state index contributed by atoms with van der Waals surface area (Å²) in [6.07, 6.45) is 2.25. The summed E-state index contributed by atoms with van der Waals surface area (Å²) in [6, 6.07) is 9.22. The number of rotatable bonds is 4. The Kier molecular flexibility index (Phi) is 4.22. The van der Waals surface area contributed by atoms with Crippen LogP contribution in [0.3, 0.4) is 0 Å². The fraction of sp³-hybridized carbons (Fsp3) is 0.333. The highest BCUT2D eigenvalue weighted by Gasteiger charge is 2.17. The van der Waals surface area contributed by atoms with E-state index in [4.69, 9.17) is 16.1 Å². The molecule has 5 nitrogen and oxygen atoms in total. The monoisotopic (exact) mass is 305 g/mol. The minimum Gasteiger partial charge on any atom is -0.355 e. The van der Waals surface area contributed by atoms with Crippen LogP contribution in [0, 0.1) is 0 Å². The van der Waals surface area contributed by atoms with Gasteiger partial charge in [0, 0.05) is 29.2 Å². The number of carbonyl (C=O) groups excluding carboxylic acids is 1. The van der Waals surface area contributed by atoms with Crippen LogP contribution in [0.5, 0.6) is 0 Å². The van der Waals surface area contributed by atoms with E-state index in [1.54, 1.807) is 18.2 Å². The highest BCUT2D eigenvalue weighted by molar-refractivity contribution is 6.30. The molecule has 0 saturated carbocycles. The van der Waals surface area contributed by atoms with Crippen molar-refractivity contribution in [1.82, 2.24) is 15.8 Å². The average Bonchev–Trinajstić information content (AvgIpc) is 3.16. The molecule has 1 saturated heterocycles. The molecule has 2 N–H and O–H groups in total. The van der Waals surface area contributed by atoms with Gasteiger partial charge in [-0.15, -0.1) is 0 Å². The maximum atomic E-state index is 12.0. The van der Waals surface area contributed by atoms with E-state index >= 15 is 0 Å². The van der Waals surface area contributed by atoms with Crippen LogP contribution in [-0.4, -0.2) is 30.2 Å². The van der Waals surface area contributed by atoms with Gasteiger partial charge in [0.25, 0.3) is 5.91 Å². The normalized spacial score (nSPS) is 17.9. The third-order valence-electron chi connectivity index (χ3n) is 3.52. The van der Waals surface area contributed by atoms with E-state index in [9.17, 15) is 4.79 Å². The molecular weight excluding hydrogens is 290 g/mol. The third-order valence-corrected chi connectivity index (χ3v) is 3.76. The zero-order chi connectivity index (χ0) is 14.7. The second kappa shape index (κ2) is 6.28. The van der Waals surface area contributed by atoms with Crippen molar-refractivity contribution in [1.29, 1.82) is 0 Å². The van der Waals surface area contributed by atoms with Gasteiger partial charge in [0.2, 0.25) is 0 Å². The lowest BCUT2D eigenvalue weighted by atomic mass is 10.1. The van der Waals surface area contributed by atoms with Gasteiger partial charge >= 0.3 is 0 Å². The second-order valence-corrected chi connectivity index (χ2v) is 5.53. The number of benzene rings is 1. The number of hydrogen-bond acceptors (Lipinski definition) is 4. The molecule has 1 amide bonds. The van der Waals surface area contributed by atoms with Crippen LogP contribution in [0.1, 0.15) is 23.3 Å². The summed E-state index contributed by atoms with van der Waals surface area (Å²) in [6.45, 7) is 1.63. The predicted octanol–water partition coefficient (Wildman–Crippen LogP) is 2.48. The van der Waals surface area contributed by atoms with Gasteiger partial charge in [0.1, 0.15) is 0 Å². The number of nitrogens with one attached hydrogen (secondary N) is 2. The molecule has 1 aromatic carbocycles. The van der Waals surface area contributed by atoms with Crippen molar-refractivity contribution in [3.8, 4) is 11.3 Å². The molecule has 110 valence electrons. The predicted molar refractivity (Wildman–Crippen MR) is 80.3 cm³/mol. The van der Waals surface area contributed by atoms with Crippen LogP contribution in [-0.2, 0) is 0 Å². The molecule has 21 heavy (non-hydrogen) atoms. The maximum absolute atomic E-state index is 12.0. The van der Waals surface area contributed by atoms with Crippen LogP contribution in [0.15, 0.2) is 34.9 Å². The van der Waals surface area contributed by atoms with Crippen molar-refractivity contribution in [2.75, 3.05) is 13.1 Å². The SMILES string of the molecule is O=C(NCC1CCCN1)c1cc(-c2cccc(Cl)c2)on1. The number of aromatic nitrogens is 1. The highest BCUT2D eigenvalue weighted by Crippen LogP contribution is 2.23. The van der Waals surface area contributed by atoms with Crippen LogP contribution in [0.4, 0.5) is 0 Å². The number of nitrogens with zero attached hydrogens (tertiary/aromatic N) is 1. The van der Waals surface area contributed by atoms with Crippen molar-refractivity contribution >= 4 is 17.5 Å². The van der Waals surface area contributed by atoms with Gasteiger partial charge < -0.3 is 15.2 Å². The topological polar surface area (TPSA) is 67.2 Å². The summed E-state index contributed by atoms with van der Waals surface area (Å²) in [5, 5.41) is 10.6. The van der Waals surface area contributed by atoms with Crippen molar-refractivity contribution in [3.63, 3.8) is 0 Å². The molecule has 2 heterocycles. The summed E-state index contributed by atoms with van der Waals surface area (Å²) >= 11 is 5.94. The van der Waals surface area contributed by atoms with Crippen molar-refractivity contribution in [3.05, 3.63) is 41.0 Å². The molecule has 6 heteroatoms. The molecule has 1 aromatic heterocycles. The number of halogens is 1. The van der Waals surface area contributed by atoms with Gasteiger partial charge in [-0.1, -0.05) is 28.9 Å². The van der Waals surface area contributed by atoms with E-state index in [2.05, 4.69) is 15.8 Å². The lowest BCUT2D eigenvalue weighted by molar-refractivity contribution is 0.0941. The fourth-order valence-corrected chi connectivity index (χ4v) is 2.59. The molecule has 1 aliphatic heterocycles. The molecule has 0 bridgehead atoms. The molecule has 0 spiro atoms. The Morgan fingerprint density at radius 3 is 3.14 bits per heavy atom. The second-order valence-electron chi connectivity index (χ2n) is 5.09. The zero-order valence-electron chi connectivity index (χ0n) is 11.4. The smallest absolute Gasteiger partial charge is 0.273 e. The first-order valence-electron chi connectivity index (χ1n) is 6.96. The van der Waals surface area contributed by atoms with Crippen LogP contribution >= 0.6 is 11.6 Å². The molecular formula is C15H16ClN3O2. The van der Waals surface area contributed by atoms with Crippen LogP contribution in [0.25, 0.3) is 11.3 Å². The van der Waals surface area contributed by atoms with Gasteiger partial charge in [-0.05, 0) is 31.5 Å². The zero-order valence-corrected chi connectivity index (χ0v) is 12.2. The number of hydrogen-bond donors (Lipinski definition) is 2. The van der Waals surface area contributed by atoms with E-state index in [1.807, 2.05) is 12.1 Å². The fourth-order valence-electron chi connectivity index (χ4n) is 2.40. The Labute approximate surface area is 127 Å². The summed E-state index contributed by atoms with van der Waals surface area (Å²) in [5.41, 5.74) is 1.08. The maximum Gasteiger partial charge on any atom is 0.273 e. The van der Waals surface area contributed by atoms with Gasteiger partial charge in [-0.2, -0.15) is 0 Å². The van der Waals surface area contributed by atoms with Gasteiger partial charge in [0.05, 0.1) is 0 Å². The van der Waals surface area contributed by atoms with Crippen LogP contribution in [0.2, 0.25) is 5.02 Å². The van der Waals surface area contributed by atoms with E-state index in [0.29, 0.717) is 23.4 Å². The first kappa shape index (κ1) is 14.1. The van der Waals surface area contributed by atoms with Crippen LogP contribution < -0.4 is 10.6 Å². The summed E-state index contributed by atoms with van der Waals surface area (Å²) in [7, 11) is 0. The van der Waals surface area contributed by atoms with Gasteiger partial charge in [0.15, 0.2) is 11.5 Å². The molecule has 2 aromatic rings. The van der Waals surface area contributed by atoms with Crippen molar-refractivity contribution < 1.29 is 9.32 Å². The van der Waals surface area contributed by atoms with Gasteiger partial charge in [-0.25, -0.2) is 0 Å². The van der Waals surface area contributed by atoms with Gasteiger partial charge in [-0.3, -0.25) is 4.79 Å². The van der Waals surface area contributed by atoms with E-state index in [-0.39, 0.29) is 11.6 Å². The Morgan fingerprint density at radius 1 is 1.48 bits per heavy atom. The Hall–Kier alpha value is -1.85. The largest absolute Gasteiger partial charge is 0.355 e. The number of carbonyl (C=O) groups is 1. The number of amides is 1. The first-order valence-corrected chi connectivity index (χ1v) is 7.34. The lowest BCUT2D eigenvalue weighted by Crippen LogP contribution is -2.37. The Bertz CT molecular complexity index is 635. The Morgan fingerprint density at radius 2 is 2.38 bits per heavy atom. The molecule has 0 radical (unpaired) electrons. The lowest BCUT2D eigenvalue weighted by Gasteiger charge is -2.09. The van der Waals surface area contributed by atoms with E-state index in [1.165, 1.54) is 0 Å². The highest BCUT2D eigenvalue weighted by atomic mass is 35.5. The van der Waals surface area contributed by atoms with E-state index < -0.39 is 0 Å². The summed E-state index contributed by atoms with van der Waals surface area (Å²) < 4.78 is 5.21. The Balaban J connectivity index is 1.65. The average molecular weight is 306 g/mol. The standard InChI is InChI=1S/C15H16ClN3O2/c16-11-4-1-3-10(7-11)14-8-13(19-21-14)15(20)18-9-12-5-2-6-17-12/h1,3-4,7-8,12,17H,2,5-6,9H2,(H,18,20). The minimum atomic E-state index is -0.222. The van der Waals surface area contributed by atoms with Crippen molar-refractivity contribution in [2.45, 2.75) is 18.9 Å². The minimum absolute atomic E-state index is 0.222. The van der Waals surface area contributed by atoms with Crippen molar-refractivity contribution in [2.24, 2.45) is 0 Å². The first-order chi connectivity index (χ1) is 10.2.